The summed E-state index contributed by atoms with van der Waals surface area (Å²) in [5, 5.41) is 10.4. The normalized spacial score (nSPS) is 21.3. The summed E-state index contributed by atoms with van der Waals surface area (Å²) in [5.41, 5.74) is 1.08. The van der Waals surface area contributed by atoms with Crippen molar-refractivity contribution in [3.8, 4) is 5.75 Å². The van der Waals surface area contributed by atoms with Crippen LogP contribution in [0, 0.1) is 0 Å². The van der Waals surface area contributed by atoms with Crippen LogP contribution < -0.4 is 4.74 Å². The van der Waals surface area contributed by atoms with Crippen LogP contribution in [0.5, 0.6) is 5.75 Å². The van der Waals surface area contributed by atoms with Crippen LogP contribution in [0.15, 0.2) is 35.8 Å². The number of aliphatic carboxylic acids is 1. The number of carbonyl (C=O) groups excluding carboxylic acids is 1. The van der Waals surface area contributed by atoms with Gasteiger partial charge < -0.3 is 14.7 Å². The molecule has 1 unspecified atom stereocenters. The first kappa shape index (κ1) is 26.4. The molecule has 36 heavy (non-hydrogen) atoms. The van der Waals surface area contributed by atoms with Gasteiger partial charge in [0.15, 0.2) is 0 Å². The average molecular weight is 526 g/mol. The Bertz CT molecular complexity index is 1030. The predicted molar refractivity (Wildman–Crippen MR) is 128 cm³/mol. The van der Waals surface area contributed by atoms with Gasteiger partial charge in [-0.05, 0) is 43.7 Å². The number of piperidine rings is 1. The molecule has 5 rings (SSSR count). The minimum atomic E-state index is -5.08. The molecule has 3 aliphatic rings. The Hall–Kier alpha value is -2.66. The van der Waals surface area contributed by atoms with E-state index in [-0.39, 0.29) is 11.5 Å². The molecule has 0 saturated carbocycles. The Morgan fingerprint density at radius 1 is 1.14 bits per heavy atom. The van der Waals surface area contributed by atoms with E-state index in [0.717, 1.165) is 70.6 Å². The number of carbonyl (C=O) groups is 2. The topological polar surface area (TPSA) is 83.0 Å². The van der Waals surface area contributed by atoms with Gasteiger partial charge in [-0.2, -0.15) is 13.2 Å². The third-order valence-corrected chi connectivity index (χ3v) is 7.80. The average Bonchev–Trinajstić information content (AvgIpc) is 3.55. The molecular formula is C25H30F3N3O4S. The van der Waals surface area contributed by atoms with Gasteiger partial charge in [0.2, 0.25) is 5.91 Å². The summed E-state index contributed by atoms with van der Waals surface area (Å²) >= 11 is 1.73. The van der Waals surface area contributed by atoms with Gasteiger partial charge in [0.05, 0.1) is 6.54 Å². The maximum atomic E-state index is 12.9. The monoisotopic (exact) mass is 525 g/mol. The van der Waals surface area contributed by atoms with Gasteiger partial charge in [-0.1, -0.05) is 18.2 Å². The summed E-state index contributed by atoms with van der Waals surface area (Å²) in [6.07, 6.45) is 2.69. The van der Waals surface area contributed by atoms with E-state index in [9.17, 15) is 18.0 Å². The summed E-state index contributed by atoms with van der Waals surface area (Å²) in [6, 6.07) is 8.37. The van der Waals surface area contributed by atoms with Gasteiger partial charge in [0.25, 0.3) is 0 Å². The molecule has 1 amide bonds. The lowest BCUT2D eigenvalue weighted by atomic mass is 9.76. The first-order valence-electron chi connectivity index (χ1n) is 12.1. The number of carboxylic acids is 1. The summed E-state index contributed by atoms with van der Waals surface area (Å²) in [5.74, 6) is -1.18. The van der Waals surface area contributed by atoms with E-state index >= 15 is 0 Å². The number of thiazole rings is 1. The van der Waals surface area contributed by atoms with Crippen molar-refractivity contribution in [2.45, 2.75) is 62.8 Å². The van der Waals surface area contributed by atoms with Crippen molar-refractivity contribution in [3.63, 3.8) is 0 Å². The number of alkyl halides is 3. The number of hydrogen-bond donors (Lipinski definition) is 1. The SMILES string of the molecule is O=C(CC1CC2(CCN(Cc3nccs3)CC2)Oc2ccccc21)N1CCCC1.O=C(O)C(F)(F)F. The molecule has 0 aliphatic carbocycles. The maximum Gasteiger partial charge on any atom is 0.490 e. The molecule has 4 heterocycles. The van der Waals surface area contributed by atoms with Crippen molar-refractivity contribution in [3.05, 3.63) is 46.4 Å². The van der Waals surface area contributed by atoms with E-state index in [2.05, 4.69) is 39.0 Å². The second-order valence-electron chi connectivity index (χ2n) is 9.52. The molecule has 11 heteroatoms. The third kappa shape index (κ3) is 6.56. The van der Waals surface area contributed by atoms with Crippen molar-refractivity contribution >= 4 is 23.2 Å². The smallest absolute Gasteiger partial charge is 0.487 e. The third-order valence-electron chi connectivity index (χ3n) is 7.04. The molecule has 1 aromatic carbocycles. The van der Waals surface area contributed by atoms with E-state index in [4.69, 9.17) is 14.6 Å². The van der Waals surface area contributed by atoms with Gasteiger partial charge >= 0.3 is 12.1 Å². The number of amides is 1. The standard InChI is InChI=1S/C23H29N3O2S.C2HF3O2/c27-22(26-10-3-4-11-26)15-18-16-23(28-20-6-2-1-5-19(18)20)7-12-25(13-8-23)17-21-24-9-14-29-21;3-2(4,5)1(6)7/h1-2,5-6,9,14,18H,3-4,7-8,10-13,15-17H2;(H,6,7). The molecule has 0 radical (unpaired) electrons. The summed E-state index contributed by atoms with van der Waals surface area (Å²) in [4.78, 5) is 30.8. The first-order valence-corrected chi connectivity index (χ1v) is 13.0. The molecule has 2 saturated heterocycles. The molecule has 196 valence electrons. The Balaban J connectivity index is 0.000000384. The van der Waals surface area contributed by atoms with Crippen molar-refractivity contribution in [1.29, 1.82) is 0 Å². The van der Waals surface area contributed by atoms with E-state index in [1.165, 1.54) is 10.6 Å². The fourth-order valence-corrected chi connectivity index (χ4v) is 5.84. The van der Waals surface area contributed by atoms with E-state index in [1.807, 2.05) is 11.6 Å². The van der Waals surface area contributed by atoms with Crippen LogP contribution in [-0.2, 0) is 16.1 Å². The molecule has 2 fully saturated rings. The van der Waals surface area contributed by atoms with Crippen LogP contribution in [0.1, 0.15) is 55.0 Å². The van der Waals surface area contributed by atoms with Gasteiger partial charge in [0, 0.05) is 50.1 Å². The number of ether oxygens (including phenoxy) is 1. The minimum absolute atomic E-state index is 0.135. The second kappa shape index (κ2) is 11.2. The predicted octanol–water partition coefficient (Wildman–Crippen LogP) is 4.69. The highest BCUT2D eigenvalue weighted by Gasteiger charge is 2.44. The number of aromatic nitrogens is 1. The van der Waals surface area contributed by atoms with E-state index in [0.29, 0.717) is 12.3 Å². The zero-order valence-electron chi connectivity index (χ0n) is 19.9. The maximum absolute atomic E-state index is 12.9. The van der Waals surface area contributed by atoms with Gasteiger partial charge in [-0.3, -0.25) is 9.69 Å². The number of fused-ring (bicyclic) bond motifs is 1. The summed E-state index contributed by atoms with van der Waals surface area (Å²) in [7, 11) is 0. The first-order chi connectivity index (χ1) is 17.2. The summed E-state index contributed by atoms with van der Waals surface area (Å²) < 4.78 is 38.4. The number of rotatable bonds is 4. The molecule has 1 aromatic heterocycles. The number of para-hydroxylation sites is 1. The molecule has 1 N–H and O–H groups in total. The van der Waals surface area contributed by atoms with Crippen LogP contribution >= 0.6 is 11.3 Å². The zero-order chi connectivity index (χ0) is 25.8. The quantitative estimate of drug-likeness (QED) is 0.624. The van der Waals surface area contributed by atoms with E-state index < -0.39 is 12.1 Å². The van der Waals surface area contributed by atoms with Gasteiger partial charge in [-0.25, -0.2) is 9.78 Å². The Morgan fingerprint density at radius 2 is 1.81 bits per heavy atom. The van der Waals surface area contributed by atoms with Crippen molar-refractivity contribution in [2.75, 3.05) is 26.2 Å². The van der Waals surface area contributed by atoms with Crippen LogP contribution in [0.2, 0.25) is 0 Å². The number of carboxylic acid groups (broad SMARTS) is 1. The number of benzene rings is 1. The second-order valence-corrected chi connectivity index (χ2v) is 10.5. The number of likely N-dealkylation sites (tertiary alicyclic amines) is 2. The van der Waals surface area contributed by atoms with Gasteiger partial charge in [-0.15, -0.1) is 11.3 Å². The molecule has 7 nitrogen and oxygen atoms in total. The number of hydrogen-bond acceptors (Lipinski definition) is 6. The Labute approximate surface area is 211 Å². The fourth-order valence-electron chi connectivity index (χ4n) is 5.18. The summed E-state index contributed by atoms with van der Waals surface area (Å²) in [6.45, 7) is 4.84. The van der Waals surface area contributed by atoms with Crippen LogP contribution in [0.3, 0.4) is 0 Å². The molecule has 0 bridgehead atoms. The highest BCUT2D eigenvalue weighted by atomic mass is 32.1. The van der Waals surface area contributed by atoms with E-state index in [1.54, 1.807) is 11.3 Å². The Morgan fingerprint density at radius 3 is 2.42 bits per heavy atom. The molecule has 2 aromatic rings. The highest BCUT2D eigenvalue weighted by Crippen LogP contribution is 2.46. The largest absolute Gasteiger partial charge is 0.490 e. The zero-order valence-corrected chi connectivity index (χ0v) is 20.7. The van der Waals surface area contributed by atoms with Crippen LogP contribution in [-0.4, -0.2) is 69.7 Å². The molecule has 3 aliphatic heterocycles. The number of nitrogens with zero attached hydrogens (tertiary/aromatic N) is 3. The Kier molecular flexibility index (Phi) is 8.19. The fraction of sp³-hybridized carbons (Fsp3) is 0.560. The van der Waals surface area contributed by atoms with Crippen molar-refractivity contribution in [2.24, 2.45) is 0 Å². The van der Waals surface area contributed by atoms with Crippen LogP contribution in [0.25, 0.3) is 0 Å². The van der Waals surface area contributed by atoms with Gasteiger partial charge in [0.1, 0.15) is 16.4 Å². The van der Waals surface area contributed by atoms with Crippen LogP contribution in [0.4, 0.5) is 13.2 Å². The van der Waals surface area contributed by atoms with Crippen molar-refractivity contribution in [1.82, 2.24) is 14.8 Å². The molecule has 1 atom stereocenters. The lowest BCUT2D eigenvalue weighted by Gasteiger charge is -2.47. The lowest BCUT2D eigenvalue weighted by molar-refractivity contribution is -0.192. The molecular weight excluding hydrogens is 495 g/mol. The number of halogens is 3. The van der Waals surface area contributed by atoms with Crippen molar-refractivity contribution < 1.29 is 32.6 Å². The minimum Gasteiger partial charge on any atom is -0.487 e. The highest BCUT2D eigenvalue weighted by molar-refractivity contribution is 7.09. The lowest BCUT2D eigenvalue weighted by Crippen LogP contribution is -2.50. The molecule has 1 spiro atoms.